The Hall–Kier alpha value is -0.370. The van der Waals surface area contributed by atoms with Gasteiger partial charge >= 0.3 is 0 Å². The SMILES string of the molecule is CCC(CC)CN(CC)C1CCCC(=O)C1. The van der Waals surface area contributed by atoms with E-state index in [0.717, 1.165) is 31.7 Å². The van der Waals surface area contributed by atoms with Crippen LogP contribution in [0.5, 0.6) is 0 Å². The predicted octanol–water partition coefficient (Wildman–Crippen LogP) is 3.26. The molecule has 0 bridgehead atoms. The zero-order chi connectivity index (χ0) is 12.0. The second-order valence-corrected chi connectivity index (χ2v) is 5.06. The van der Waals surface area contributed by atoms with Crippen LogP contribution in [0.25, 0.3) is 0 Å². The number of nitrogens with zero attached hydrogens (tertiary/aromatic N) is 1. The predicted molar refractivity (Wildman–Crippen MR) is 68.6 cm³/mol. The first kappa shape index (κ1) is 13.7. The van der Waals surface area contributed by atoms with Crippen molar-refractivity contribution in [2.75, 3.05) is 13.1 Å². The van der Waals surface area contributed by atoms with Crippen molar-refractivity contribution in [1.29, 1.82) is 0 Å². The summed E-state index contributed by atoms with van der Waals surface area (Å²) < 4.78 is 0. The summed E-state index contributed by atoms with van der Waals surface area (Å²) >= 11 is 0. The standard InChI is InChI=1S/C14H27NO/c1-4-12(5-2)11-15(6-3)13-8-7-9-14(16)10-13/h12-13H,4-11H2,1-3H3. The molecule has 16 heavy (non-hydrogen) atoms. The molecule has 0 N–H and O–H groups in total. The molecule has 0 heterocycles. The summed E-state index contributed by atoms with van der Waals surface area (Å²) in [5, 5.41) is 0. The third-order valence-electron chi connectivity index (χ3n) is 4.03. The number of rotatable bonds is 6. The summed E-state index contributed by atoms with van der Waals surface area (Å²) in [5.74, 6) is 1.27. The second kappa shape index (κ2) is 7.05. The molecule has 2 heteroatoms. The van der Waals surface area contributed by atoms with E-state index in [1.807, 2.05) is 0 Å². The highest BCUT2D eigenvalue weighted by Crippen LogP contribution is 2.22. The monoisotopic (exact) mass is 225 g/mol. The zero-order valence-electron chi connectivity index (χ0n) is 11.2. The van der Waals surface area contributed by atoms with Gasteiger partial charge in [0.25, 0.3) is 0 Å². The molecule has 1 fully saturated rings. The summed E-state index contributed by atoms with van der Waals surface area (Å²) in [6.45, 7) is 9.04. The van der Waals surface area contributed by atoms with Gasteiger partial charge in [0, 0.05) is 25.4 Å². The highest BCUT2D eigenvalue weighted by atomic mass is 16.1. The van der Waals surface area contributed by atoms with Crippen LogP contribution in [0.3, 0.4) is 0 Å². The first-order chi connectivity index (χ1) is 7.71. The van der Waals surface area contributed by atoms with Gasteiger partial charge in [0.15, 0.2) is 0 Å². The molecular weight excluding hydrogens is 198 g/mol. The van der Waals surface area contributed by atoms with E-state index in [0.29, 0.717) is 11.8 Å². The molecule has 1 unspecified atom stereocenters. The van der Waals surface area contributed by atoms with Gasteiger partial charge in [-0.05, 0) is 25.3 Å². The maximum Gasteiger partial charge on any atom is 0.134 e. The van der Waals surface area contributed by atoms with Gasteiger partial charge in [0.05, 0.1) is 0 Å². The van der Waals surface area contributed by atoms with Gasteiger partial charge in [-0.1, -0.05) is 33.6 Å². The van der Waals surface area contributed by atoms with E-state index >= 15 is 0 Å². The Morgan fingerprint density at radius 1 is 1.31 bits per heavy atom. The molecule has 0 spiro atoms. The summed E-state index contributed by atoms with van der Waals surface area (Å²) in [7, 11) is 0. The maximum atomic E-state index is 11.5. The molecule has 0 amide bonds. The van der Waals surface area contributed by atoms with Crippen LogP contribution in [-0.4, -0.2) is 29.8 Å². The molecule has 0 aromatic rings. The smallest absolute Gasteiger partial charge is 0.134 e. The lowest BCUT2D eigenvalue weighted by molar-refractivity contribution is -0.122. The number of hydrogen-bond acceptors (Lipinski definition) is 2. The average molecular weight is 225 g/mol. The highest BCUT2D eigenvalue weighted by Gasteiger charge is 2.25. The third-order valence-corrected chi connectivity index (χ3v) is 4.03. The molecule has 2 nitrogen and oxygen atoms in total. The van der Waals surface area contributed by atoms with E-state index in [-0.39, 0.29) is 0 Å². The van der Waals surface area contributed by atoms with Gasteiger partial charge in [0.2, 0.25) is 0 Å². The number of hydrogen-bond donors (Lipinski definition) is 0. The molecule has 0 aromatic heterocycles. The molecule has 0 radical (unpaired) electrons. The first-order valence-corrected chi connectivity index (χ1v) is 6.96. The molecule has 1 atom stereocenters. The number of carbonyl (C=O) groups is 1. The summed E-state index contributed by atoms with van der Waals surface area (Å²) in [6, 6.07) is 0.534. The Balaban J connectivity index is 2.48. The number of Topliss-reactive ketones (excluding diaryl/α,β-unsaturated/α-hetero) is 1. The molecule has 1 saturated carbocycles. The normalized spacial score (nSPS) is 22.1. The molecule has 1 aliphatic rings. The fraction of sp³-hybridized carbons (Fsp3) is 0.929. The van der Waals surface area contributed by atoms with Gasteiger partial charge in [-0.15, -0.1) is 0 Å². The minimum atomic E-state index is 0.472. The summed E-state index contributed by atoms with van der Waals surface area (Å²) in [4.78, 5) is 14.0. The van der Waals surface area contributed by atoms with Crippen molar-refractivity contribution in [2.45, 2.75) is 65.3 Å². The number of ketones is 1. The van der Waals surface area contributed by atoms with E-state index in [2.05, 4.69) is 25.7 Å². The van der Waals surface area contributed by atoms with E-state index in [9.17, 15) is 4.79 Å². The van der Waals surface area contributed by atoms with Crippen LogP contribution in [-0.2, 0) is 4.79 Å². The second-order valence-electron chi connectivity index (χ2n) is 5.06. The average Bonchev–Trinajstić information content (AvgIpc) is 2.31. The Morgan fingerprint density at radius 3 is 2.50 bits per heavy atom. The van der Waals surface area contributed by atoms with Gasteiger partial charge in [-0.25, -0.2) is 0 Å². The van der Waals surface area contributed by atoms with Crippen molar-refractivity contribution in [1.82, 2.24) is 4.90 Å². The van der Waals surface area contributed by atoms with E-state index in [4.69, 9.17) is 0 Å². The maximum absolute atomic E-state index is 11.5. The molecule has 94 valence electrons. The van der Waals surface area contributed by atoms with Gasteiger partial charge in [-0.2, -0.15) is 0 Å². The Morgan fingerprint density at radius 2 is 2.00 bits per heavy atom. The summed E-state index contributed by atoms with van der Waals surface area (Å²) in [5.41, 5.74) is 0. The van der Waals surface area contributed by atoms with Crippen molar-refractivity contribution in [3.05, 3.63) is 0 Å². The van der Waals surface area contributed by atoms with Crippen LogP contribution in [0.1, 0.15) is 59.3 Å². The van der Waals surface area contributed by atoms with Crippen molar-refractivity contribution in [3.8, 4) is 0 Å². The lowest BCUT2D eigenvalue weighted by atomic mass is 9.92. The quantitative estimate of drug-likeness (QED) is 0.691. The molecule has 1 aliphatic carbocycles. The highest BCUT2D eigenvalue weighted by molar-refractivity contribution is 5.79. The molecule has 0 aliphatic heterocycles. The van der Waals surface area contributed by atoms with Crippen molar-refractivity contribution >= 4 is 5.78 Å². The fourth-order valence-electron chi connectivity index (χ4n) is 2.73. The molecular formula is C14H27NO. The van der Waals surface area contributed by atoms with Crippen LogP contribution in [0, 0.1) is 5.92 Å². The van der Waals surface area contributed by atoms with Crippen LogP contribution in [0.2, 0.25) is 0 Å². The van der Waals surface area contributed by atoms with Gasteiger partial charge < -0.3 is 0 Å². The van der Waals surface area contributed by atoms with E-state index < -0.39 is 0 Å². The Bertz CT molecular complexity index is 211. The van der Waals surface area contributed by atoms with E-state index in [1.54, 1.807) is 0 Å². The first-order valence-electron chi connectivity index (χ1n) is 6.96. The molecule has 1 rings (SSSR count). The fourth-order valence-corrected chi connectivity index (χ4v) is 2.73. The Kier molecular flexibility index (Phi) is 6.04. The molecule has 0 saturated heterocycles. The van der Waals surface area contributed by atoms with Crippen molar-refractivity contribution < 1.29 is 4.79 Å². The van der Waals surface area contributed by atoms with Crippen LogP contribution in [0.15, 0.2) is 0 Å². The third kappa shape index (κ3) is 3.89. The van der Waals surface area contributed by atoms with Crippen LogP contribution in [0.4, 0.5) is 0 Å². The Labute approximate surface area is 100 Å². The largest absolute Gasteiger partial charge is 0.300 e. The number of carbonyl (C=O) groups excluding carboxylic acids is 1. The molecule has 0 aromatic carbocycles. The van der Waals surface area contributed by atoms with Crippen molar-refractivity contribution in [2.24, 2.45) is 5.92 Å². The summed E-state index contributed by atoms with van der Waals surface area (Å²) in [6.07, 6.45) is 6.46. The lowest BCUT2D eigenvalue weighted by Crippen LogP contribution is -2.41. The van der Waals surface area contributed by atoms with Crippen LogP contribution >= 0.6 is 0 Å². The minimum absolute atomic E-state index is 0.472. The van der Waals surface area contributed by atoms with Gasteiger partial charge in [0.1, 0.15) is 5.78 Å². The lowest BCUT2D eigenvalue weighted by Gasteiger charge is -2.35. The minimum Gasteiger partial charge on any atom is -0.300 e. The topological polar surface area (TPSA) is 20.3 Å². The van der Waals surface area contributed by atoms with Gasteiger partial charge in [-0.3, -0.25) is 9.69 Å². The van der Waals surface area contributed by atoms with E-state index in [1.165, 1.54) is 25.8 Å². The van der Waals surface area contributed by atoms with Crippen LogP contribution < -0.4 is 0 Å². The van der Waals surface area contributed by atoms with Crippen molar-refractivity contribution in [3.63, 3.8) is 0 Å². The zero-order valence-corrected chi connectivity index (χ0v) is 11.2.